The number of carbonyl (C=O) groups excluding carboxylic acids is 1. The summed E-state index contributed by atoms with van der Waals surface area (Å²) in [6.07, 6.45) is 2.79. The largest absolute Gasteiger partial charge is 0.468 e. The smallest absolute Gasteiger partial charge is 0.230 e. The van der Waals surface area contributed by atoms with Crippen molar-refractivity contribution in [2.45, 2.75) is 18.2 Å². The van der Waals surface area contributed by atoms with Gasteiger partial charge in [-0.25, -0.2) is 0 Å². The first-order valence-electron chi connectivity index (χ1n) is 7.96. The molecule has 23 heavy (non-hydrogen) atoms. The van der Waals surface area contributed by atoms with E-state index in [1.165, 1.54) is 17.4 Å². The Balaban J connectivity index is 1.39. The van der Waals surface area contributed by atoms with Crippen molar-refractivity contribution in [3.63, 3.8) is 0 Å². The summed E-state index contributed by atoms with van der Waals surface area (Å²) in [6, 6.07) is 12.4. The Hall–Kier alpha value is -1.88. The molecule has 0 radical (unpaired) electrons. The van der Waals surface area contributed by atoms with Gasteiger partial charge >= 0.3 is 0 Å². The molecule has 5 heteroatoms. The highest BCUT2D eigenvalue weighted by Crippen LogP contribution is 2.24. The molecule has 1 aliphatic rings. The second-order valence-electron chi connectivity index (χ2n) is 5.87. The number of amides is 1. The van der Waals surface area contributed by atoms with Crippen LogP contribution in [0.15, 0.2) is 52.0 Å². The van der Waals surface area contributed by atoms with Crippen molar-refractivity contribution in [2.24, 2.45) is 5.92 Å². The fraction of sp³-hybridized carbons (Fsp3) is 0.389. The standard InChI is InChI=1S/C18H22N2O2S/c1-14-17(8-10-22-14)23-13-18(21)19-11-15-7-9-20(12-15)16-5-3-2-4-6-16/h2-6,8,10,15H,7,9,11-13H2,1H3,(H,19,21). The number of para-hydroxylation sites is 1. The normalized spacial score (nSPS) is 17.4. The summed E-state index contributed by atoms with van der Waals surface area (Å²) in [5.74, 6) is 1.93. The van der Waals surface area contributed by atoms with Crippen molar-refractivity contribution in [2.75, 3.05) is 30.3 Å². The number of hydrogen-bond acceptors (Lipinski definition) is 4. The third-order valence-electron chi connectivity index (χ3n) is 4.17. The molecule has 1 N–H and O–H groups in total. The van der Waals surface area contributed by atoms with Gasteiger partial charge in [-0.15, -0.1) is 11.8 Å². The van der Waals surface area contributed by atoms with Gasteiger partial charge in [0, 0.05) is 30.2 Å². The van der Waals surface area contributed by atoms with Gasteiger partial charge in [0.15, 0.2) is 0 Å². The Morgan fingerprint density at radius 3 is 2.91 bits per heavy atom. The predicted octanol–water partition coefficient (Wildman–Crippen LogP) is 3.32. The van der Waals surface area contributed by atoms with E-state index in [0.717, 1.165) is 36.7 Å². The lowest BCUT2D eigenvalue weighted by molar-refractivity contribution is -0.118. The first-order chi connectivity index (χ1) is 11.2. The molecule has 0 saturated carbocycles. The van der Waals surface area contributed by atoms with Crippen LogP contribution < -0.4 is 10.2 Å². The zero-order chi connectivity index (χ0) is 16.1. The molecular formula is C18H22N2O2S. The van der Waals surface area contributed by atoms with Crippen molar-refractivity contribution >= 4 is 23.4 Å². The van der Waals surface area contributed by atoms with Gasteiger partial charge in [0.25, 0.3) is 0 Å². The Labute approximate surface area is 141 Å². The fourth-order valence-electron chi connectivity index (χ4n) is 2.85. The van der Waals surface area contributed by atoms with E-state index in [4.69, 9.17) is 4.42 Å². The number of benzene rings is 1. The molecular weight excluding hydrogens is 308 g/mol. The fourth-order valence-corrected chi connectivity index (χ4v) is 3.64. The minimum Gasteiger partial charge on any atom is -0.468 e. The molecule has 1 saturated heterocycles. The van der Waals surface area contributed by atoms with Gasteiger partial charge in [-0.3, -0.25) is 4.79 Å². The summed E-state index contributed by atoms with van der Waals surface area (Å²) in [7, 11) is 0. The van der Waals surface area contributed by atoms with E-state index in [-0.39, 0.29) is 5.91 Å². The summed E-state index contributed by atoms with van der Waals surface area (Å²) in [4.78, 5) is 15.4. The third kappa shape index (κ3) is 4.32. The first kappa shape index (κ1) is 16.0. The molecule has 0 bridgehead atoms. The molecule has 1 unspecified atom stereocenters. The van der Waals surface area contributed by atoms with Crippen LogP contribution in [0.25, 0.3) is 0 Å². The number of furan rings is 1. The maximum absolute atomic E-state index is 12.0. The summed E-state index contributed by atoms with van der Waals surface area (Å²) in [5, 5.41) is 3.06. The molecule has 2 aromatic rings. The van der Waals surface area contributed by atoms with Crippen molar-refractivity contribution in [1.82, 2.24) is 5.32 Å². The highest BCUT2D eigenvalue weighted by Gasteiger charge is 2.22. The minimum atomic E-state index is 0.0914. The van der Waals surface area contributed by atoms with Crippen molar-refractivity contribution in [3.05, 3.63) is 48.4 Å². The number of nitrogens with one attached hydrogen (secondary N) is 1. The van der Waals surface area contributed by atoms with Gasteiger partial charge in [-0.05, 0) is 37.5 Å². The Kier molecular flexibility index (Phi) is 5.28. The van der Waals surface area contributed by atoms with Crippen LogP contribution in [0.3, 0.4) is 0 Å². The van der Waals surface area contributed by atoms with E-state index in [2.05, 4.69) is 34.5 Å². The molecule has 0 aliphatic carbocycles. The number of thioether (sulfide) groups is 1. The molecule has 1 atom stereocenters. The average molecular weight is 330 g/mol. The van der Waals surface area contributed by atoms with E-state index >= 15 is 0 Å². The first-order valence-corrected chi connectivity index (χ1v) is 8.94. The highest BCUT2D eigenvalue weighted by atomic mass is 32.2. The average Bonchev–Trinajstić information content (AvgIpc) is 3.21. The van der Waals surface area contributed by atoms with E-state index in [0.29, 0.717) is 11.7 Å². The van der Waals surface area contributed by atoms with E-state index < -0.39 is 0 Å². The number of aryl methyl sites for hydroxylation is 1. The summed E-state index contributed by atoms with van der Waals surface area (Å²) < 4.78 is 5.23. The van der Waals surface area contributed by atoms with Crippen LogP contribution >= 0.6 is 11.8 Å². The van der Waals surface area contributed by atoms with Gasteiger partial charge in [0.05, 0.1) is 12.0 Å². The lowest BCUT2D eigenvalue weighted by Gasteiger charge is -2.18. The molecule has 122 valence electrons. The zero-order valence-electron chi connectivity index (χ0n) is 13.3. The van der Waals surface area contributed by atoms with Gasteiger partial charge < -0.3 is 14.6 Å². The second-order valence-corrected chi connectivity index (χ2v) is 6.89. The molecule has 1 aromatic heterocycles. The summed E-state index contributed by atoms with van der Waals surface area (Å²) in [6.45, 7) is 4.75. The number of anilines is 1. The van der Waals surface area contributed by atoms with Crippen LogP contribution in [0, 0.1) is 12.8 Å². The monoisotopic (exact) mass is 330 g/mol. The van der Waals surface area contributed by atoms with Crippen LogP contribution in [0.5, 0.6) is 0 Å². The molecule has 0 spiro atoms. The van der Waals surface area contributed by atoms with Crippen LogP contribution in [0.2, 0.25) is 0 Å². The molecule has 1 fully saturated rings. The molecule has 1 aromatic carbocycles. The molecule has 3 rings (SSSR count). The topological polar surface area (TPSA) is 45.5 Å². The number of carbonyl (C=O) groups is 1. The van der Waals surface area contributed by atoms with Crippen LogP contribution in [0.1, 0.15) is 12.2 Å². The van der Waals surface area contributed by atoms with E-state index in [9.17, 15) is 4.79 Å². The van der Waals surface area contributed by atoms with E-state index in [1.54, 1.807) is 6.26 Å². The zero-order valence-corrected chi connectivity index (χ0v) is 14.1. The minimum absolute atomic E-state index is 0.0914. The van der Waals surface area contributed by atoms with Crippen LogP contribution in [0.4, 0.5) is 5.69 Å². The van der Waals surface area contributed by atoms with Gasteiger partial charge in [-0.2, -0.15) is 0 Å². The number of hydrogen-bond donors (Lipinski definition) is 1. The molecule has 4 nitrogen and oxygen atoms in total. The Bertz CT molecular complexity index is 641. The number of nitrogens with zero attached hydrogens (tertiary/aromatic N) is 1. The maximum Gasteiger partial charge on any atom is 0.230 e. The Morgan fingerprint density at radius 1 is 1.35 bits per heavy atom. The molecule has 1 aliphatic heterocycles. The molecule has 1 amide bonds. The van der Waals surface area contributed by atoms with Crippen LogP contribution in [-0.4, -0.2) is 31.3 Å². The van der Waals surface area contributed by atoms with Gasteiger partial charge in [0.2, 0.25) is 5.91 Å². The maximum atomic E-state index is 12.0. The van der Waals surface area contributed by atoms with Gasteiger partial charge in [-0.1, -0.05) is 18.2 Å². The highest BCUT2D eigenvalue weighted by molar-refractivity contribution is 8.00. The van der Waals surface area contributed by atoms with Crippen molar-refractivity contribution in [3.8, 4) is 0 Å². The van der Waals surface area contributed by atoms with Crippen LogP contribution in [-0.2, 0) is 4.79 Å². The number of rotatable bonds is 6. The molecule has 2 heterocycles. The second kappa shape index (κ2) is 7.59. The van der Waals surface area contributed by atoms with E-state index in [1.807, 2.05) is 19.1 Å². The summed E-state index contributed by atoms with van der Waals surface area (Å²) in [5.41, 5.74) is 1.27. The van der Waals surface area contributed by atoms with Gasteiger partial charge in [0.1, 0.15) is 5.76 Å². The quantitative estimate of drug-likeness (QED) is 0.825. The van der Waals surface area contributed by atoms with Crippen molar-refractivity contribution in [1.29, 1.82) is 0 Å². The third-order valence-corrected chi connectivity index (χ3v) is 5.31. The Morgan fingerprint density at radius 2 is 2.17 bits per heavy atom. The lowest BCUT2D eigenvalue weighted by atomic mass is 10.1. The van der Waals surface area contributed by atoms with Crippen molar-refractivity contribution < 1.29 is 9.21 Å². The summed E-state index contributed by atoms with van der Waals surface area (Å²) >= 11 is 1.53. The lowest BCUT2D eigenvalue weighted by Crippen LogP contribution is -2.32. The predicted molar refractivity (Wildman–Crippen MR) is 93.9 cm³/mol. The SMILES string of the molecule is Cc1occc1SCC(=O)NCC1CCN(c2ccccc2)C1.